The molecule has 19 heavy (non-hydrogen) atoms. The van der Waals surface area contributed by atoms with Crippen LogP contribution in [0.2, 0.25) is 0 Å². The zero-order valence-electron chi connectivity index (χ0n) is 13.2. The molecule has 1 aliphatic rings. The van der Waals surface area contributed by atoms with Crippen LogP contribution in [0.4, 0.5) is 0 Å². The molecule has 1 heterocycles. The molecule has 112 valence electrons. The monoisotopic (exact) mass is 268 g/mol. The van der Waals surface area contributed by atoms with E-state index < -0.39 is 0 Å². The molecule has 1 rings (SSSR count). The third-order valence-corrected chi connectivity index (χ3v) is 4.18. The van der Waals surface area contributed by atoms with Gasteiger partial charge in [-0.25, -0.2) is 0 Å². The van der Waals surface area contributed by atoms with E-state index in [1.54, 1.807) is 0 Å². The van der Waals surface area contributed by atoms with Crippen LogP contribution in [0.3, 0.4) is 0 Å². The van der Waals surface area contributed by atoms with Gasteiger partial charge in [0.25, 0.3) is 0 Å². The molecule has 0 saturated carbocycles. The van der Waals surface area contributed by atoms with E-state index in [4.69, 9.17) is 0 Å². The highest BCUT2D eigenvalue weighted by Crippen LogP contribution is 2.24. The van der Waals surface area contributed by atoms with Gasteiger partial charge in [-0.15, -0.1) is 0 Å². The molecule has 0 aromatic rings. The summed E-state index contributed by atoms with van der Waals surface area (Å²) in [6.45, 7) is 8.80. The Kier molecular flexibility index (Phi) is 7.44. The topological polar surface area (TPSA) is 32.3 Å². The van der Waals surface area contributed by atoms with Gasteiger partial charge in [0.15, 0.2) is 0 Å². The van der Waals surface area contributed by atoms with Gasteiger partial charge in [0, 0.05) is 6.04 Å². The summed E-state index contributed by atoms with van der Waals surface area (Å²) in [5.41, 5.74) is 0. The molecule has 0 spiro atoms. The second kappa shape index (κ2) is 8.57. The van der Waals surface area contributed by atoms with Crippen LogP contribution in [0.15, 0.2) is 0 Å². The first-order valence-corrected chi connectivity index (χ1v) is 8.27. The Hall–Kier alpha value is -0.570. The van der Waals surface area contributed by atoms with Gasteiger partial charge in [0.1, 0.15) is 0 Å². The third kappa shape index (κ3) is 4.20. The molecule has 1 amide bonds. The summed E-state index contributed by atoms with van der Waals surface area (Å²) in [5.74, 6) is 0.354. The predicted octanol–water partition coefficient (Wildman–Crippen LogP) is 3.68. The average Bonchev–Trinajstić information content (AvgIpc) is 2.71. The molecule has 0 aromatic heterocycles. The van der Waals surface area contributed by atoms with Crippen LogP contribution < -0.4 is 5.32 Å². The van der Waals surface area contributed by atoms with Gasteiger partial charge in [0.2, 0.25) is 5.91 Å². The molecule has 0 radical (unpaired) electrons. The van der Waals surface area contributed by atoms with Gasteiger partial charge < -0.3 is 4.90 Å². The normalized spacial score (nSPS) is 25.1. The maximum absolute atomic E-state index is 12.6. The standard InChI is InChI=1S/C16H32N2O/c1-5-9-12-14-16(19)18(13(8-4)10-6-2)15(17-14)11-7-3/h13-15,17H,5-12H2,1-4H3. The van der Waals surface area contributed by atoms with Crippen molar-refractivity contribution in [1.82, 2.24) is 10.2 Å². The molecule has 1 saturated heterocycles. The first-order chi connectivity index (χ1) is 9.19. The number of hydrogen-bond acceptors (Lipinski definition) is 2. The fraction of sp³-hybridized carbons (Fsp3) is 0.938. The number of carbonyl (C=O) groups is 1. The van der Waals surface area contributed by atoms with E-state index in [2.05, 4.69) is 37.9 Å². The van der Waals surface area contributed by atoms with Crippen LogP contribution in [-0.2, 0) is 4.79 Å². The van der Waals surface area contributed by atoms with E-state index in [9.17, 15) is 4.79 Å². The molecule has 0 aromatic carbocycles. The Morgan fingerprint density at radius 3 is 2.37 bits per heavy atom. The molecule has 1 fully saturated rings. The van der Waals surface area contributed by atoms with Crippen molar-refractivity contribution in [3.05, 3.63) is 0 Å². The van der Waals surface area contributed by atoms with Crippen molar-refractivity contribution in [2.75, 3.05) is 0 Å². The van der Waals surface area contributed by atoms with Crippen LogP contribution in [0.1, 0.15) is 79.1 Å². The summed E-state index contributed by atoms with van der Waals surface area (Å²) in [4.78, 5) is 14.8. The highest BCUT2D eigenvalue weighted by atomic mass is 16.2. The first kappa shape index (κ1) is 16.5. The van der Waals surface area contributed by atoms with Gasteiger partial charge in [-0.1, -0.05) is 53.4 Å². The highest BCUT2D eigenvalue weighted by molar-refractivity contribution is 5.84. The van der Waals surface area contributed by atoms with Crippen molar-refractivity contribution in [2.45, 2.75) is 97.3 Å². The molecule has 1 aliphatic heterocycles. The fourth-order valence-electron chi connectivity index (χ4n) is 3.14. The molecule has 1 N–H and O–H groups in total. The summed E-state index contributed by atoms with van der Waals surface area (Å²) >= 11 is 0. The third-order valence-electron chi connectivity index (χ3n) is 4.18. The van der Waals surface area contributed by atoms with E-state index in [1.165, 1.54) is 0 Å². The summed E-state index contributed by atoms with van der Waals surface area (Å²) in [7, 11) is 0. The number of nitrogens with one attached hydrogen (secondary N) is 1. The SMILES string of the molecule is CCCCC1NC(CCC)N(C(CC)CCC)C1=O. The molecular weight excluding hydrogens is 236 g/mol. The molecule has 0 bridgehead atoms. The number of hydrogen-bond donors (Lipinski definition) is 1. The van der Waals surface area contributed by atoms with Gasteiger partial charge in [-0.3, -0.25) is 10.1 Å². The molecule has 3 heteroatoms. The summed E-state index contributed by atoms with van der Waals surface area (Å²) in [6, 6.07) is 0.496. The molecule has 3 unspecified atom stereocenters. The quantitative estimate of drug-likeness (QED) is 0.692. The van der Waals surface area contributed by atoms with Crippen LogP contribution in [0.5, 0.6) is 0 Å². The molecular formula is C16H32N2O. The molecule has 3 atom stereocenters. The van der Waals surface area contributed by atoms with Gasteiger partial charge >= 0.3 is 0 Å². The lowest BCUT2D eigenvalue weighted by Gasteiger charge is -2.32. The van der Waals surface area contributed by atoms with E-state index in [-0.39, 0.29) is 12.2 Å². The largest absolute Gasteiger partial charge is 0.323 e. The minimum absolute atomic E-state index is 0.0717. The van der Waals surface area contributed by atoms with E-state index in [0.29, 0.717) is 11.9 Å². The predicted molar refractivity (Wildman–Crippen MR) is 81.0 cm³/mol. The number of unbranched alkanes of at least 4 members (excludes halogenated alkanes) is 1. The van der Waals surface area contributed by atoms with Crippen molar-refractivity contribution in [3.63, 3.8) is 0 Å². The Morgan fingerprint density at radius 2 is 1.84 bits per heavy atom. The van der Waals surface area contributed by atoms with Gasteiger partial charge in [-0.05, 0) is 25.7 Å². The Labute approximate surface area is 119 Å². The molecule has 0 aliphatic carbocycles. The van der Waals surface area contributed by atoms with E-state index in [1.807, 2.05) is 0 Å². The second-order valence-corrected chi connectivity index (χ2v) is 5.76. The van der Waals surface area contributed by atoms with Crippen molar-refractivity contribution < 1.29 is 4.79 Å². The van der Waals surface area contributed by atoms with E-state index >= 15 is 0 Å². The number of rotatable bonds is 9. The zero-order valence-corrected chi connectivity index (χ0v) is 13.2. The Morgan fingerprint density at radius 1 is 1.11 bits per heavy atom. The maximum Gasteiger partial charge on any atom is 0.241 e. The number of amides is 1. The zero-order chi connectivity index (χ0) is 14.3. The van der Waals surface area contributed by atoms with Crippen LogP contribution in [0, 0.1) is 0 Å². The smallest absolute Gasteiger partial charge is 0.241 e. The second-order valence-electron chi connectivity index (χ2n) is 5.76. The Balaban J connectivity index is 2.75. The van der Waals surface area contributed by atoms with Crippen molar-refractivity contribution in [2.24, 2.45) is 0 Å². The summed E-state index contributed by atoms with van der Waals surface area (Å²) < 4.78 is 0. The lowest BCUT2D eigenvalue weighted by atomic mass is 10.1. The first-order valence-electron chi connectivity index (χ1n) is 8.27. The van der Waals surface area contributed by atoms with E-state index in [0.717, 1.165) is 51.4 Å². The van der Waals surface area contributed by atoms with Crippen LogP contribution in [0.25, 0.3) is 0 Å². The van der Waals surface area contributed by atoms with Crippen molar-refractivity contribution in [1.29, 1.82) is 0 Å². The Bertz CT molecular complexity index is 267. The average molecular weight is 268 g/mol. The lowest BCUT2D eigenvalue weighted by Crippen LogP contribution is -2.44. The summed E-state index contributed by atoms with van der Waals surface area (Å²) in [5, 5.41) is 3.58. The van der Waals surface area contributed by atoms with Gasteiger partial charge in [0.05, 0.1) is 12.2 Å². The fourth-order valence-corrected chi connectivity index (χ4v) is 3.14. The van der Waals surface area contributed by atoms with Crippen LogP contribution >= 0.6 is 0 Å². The van der Waals surface area contributed by atoms with Crippen molar-refractivity contribution in [3.8, 4) is 0 Å². The minimum Gasteiger partial charge on any atom is -0.323 e. The minimum atomic E-state index is 0.0717. The van der Waals surface area contributed by atoms with Crippen LogP contribution in [-0.4, -0.2) is 29.1 Å². The number of carbonyl (C=O) groups excluding carboxylic acids is 1. The molecule has 3 nitrogen and oxygen atoms in total. The van der Waals surface area contributed by atoms with Crippen molar-refractivity contribution >= 4 is 5.91 Å². The number of nitrogens with zero attached hydrogens (tertiary/aromatic N) is 1. The lowest BCUT2D eigenvalue weighted by molar-refractivity contribution is -0.132. The summed E-state index contributed by atoms with van der Waals surface area (Å²) in [6.07, 6.45) is 9.13. The highest BCUT2D eigenvalue weighted by Gasteiger charge is 2.40. The maximum atomic E-state index is 12.6. The van der Waals surface area contributed by atoms with Gasteiger partial charge in [-0.2, -0.15) is 0 Å².